The number of ether oxygens (including phenoxy) is 1. The lowest BCUT2D eigenvalue weighted by atomic mass is 9.90. The van der Waals surface area contributed by atoms with Crippen molar-refractivity contribution in [2.75, 3.05) is 12.4 Å². The van der Waals surface area contributed by atoms with Gasteiger partial charge in [-0.05, 0) is 61.8 Å². The molecular weight excluding hydrogens is 458 g/mol. The van der Waals surface area contributed by atoms with Gasteiger partial charge in [-0.15, -0.1) is 11.3 Å². The highest BCUT2D eigenvalue weighted by atomic mass is 35.5. The molecule has 2 aliphatic carbocycles. The fourth-order valence-electron chi connectivity index (χ4n) is 4.58. The predicted octanol–water partition coefficient (Wildman–Crippen LogP) is 6.50. The first-order valence-corrected chi connectivity index (χ1v) is 12.8. The van der Waals surface area contributed by atoms with Gasteiger partial charge in [-0.1, -0.05) is 36.9 Å². The first-order chi connectivity index (χ1) is 16.1. The van der Waals surface area contributed by atoms with Crippen LogP contribution in [-0.2, 0) is 24.2 Å². The van der Waals surface area contributed by atoms with E-state index in [1.807, 2.05) is 29.5 Å². The third-order valence-electron chi connectivity index (χ3n) is 6.38. The molecule has 0 spiro atoms. The number of carboxylic acids is 1. The third-order valence-corrected chi connectivity index (χ3v) is 7.88. The van der Waals surface area contributed by atoms with Gasteiger partial charge < -0.3 is 15.2 Å². The van der Waals surface area contributed by atoms with Crippen molar-refractivity contribution in [3.8, 4) is 5.75 Å². The van der Waals surface area contributed by atoms with Gasteiger partial charge in [0.15, 0.2) is 0 Å². The van der Waals surface area contributed by atoms with E-state index in [9.17, 15) is 4.79 Å². The molecule has 2 heterocycles. The molecular formula is C25H30ClN3O3S. The normalized spacial score (nSPS) is 15.9. The van der Waals surface area contributed by atoms with E-state index >= 15 is 0 Å². The van der Waals surface area contributed by atoms with Crippen molar-refractivity contribution in [2.24, 2.45) is 5.92 Å². The van der Waals surface area contributed by atoms with Gasteiger partial charge >= 0.3 is 5.97 Å². The number of aryl methyl sites for hydroxylation is 2. The van der Waals surface area contributed by atoms with E-state index in [2.05, 4.69) is 15.3 Å². The Morgan fingerprint density at radius 1 is 1.18 bits per heavy atom. The number of anilines is 1. The summed E-state index contributed by atoms with van der Waals surface area (Å²) < 4.78 is 5.20. The first kappa shape index (κ1) is 23.8. The van der Waals surface area contributed by atoms with Crippen LogP contribution in [0.15, 0.2) is 24.5 Å². The highest BCUT2D eigenvalue weighted by molar-refractivity contribution is 7.19. The molecule has 1 fully saturated rings. The van der Waals surface area contributed by atoms with Crippen LogP contribution in [0.5, 0.6) is 5.75 Å². The number of carboxylic acid groups (broad SMARTS) is 1. The van der Waals surface area contributed by atoms with E-state index in [0.29, 0.717) is 17.3 Å². The summed E-state index contributed by atoms with van der Waals surface area (Å²) in [5.74, 6) is 0.983. The number of rotatable bonds is 5. The second kappa shape index (κ2) is 11.2. The lowest BCUT2D eigenvalue weighted by Crippen LogP contribution is -2.16. The molecule has 6 nitrogen and oxygen atoms in total. The second-order valence-electron chi connectivity index (χ2n) is 8.61. The topological polar surface area (TPSA) is 84.3 Å². The van der Waals surface area contributed by atoms with Gasteiger partial charge in [0.2, 0.25) is 0 Å². The molecule has 0 amide bonds. The number of methoxy groups -OCH3 is 1. The zero-order chi connectivity index (χ0) is 23.2. The van der Waals surface area contributed by atoms with E-state index in [0.717, 1.165) is 48.3 Å². The number of fused-ring (bicyclic) bond motifs is 3. The SMILES string of the molecule is COc1ccc(CNc2ncnc3sc4c(c23)CCCC4)cc1Cl.O=C(O)C1CCCCC1. The van der Waals surface area contributed by atoms with Gasteiger partial charge in [-0.3, -0.25) is 4.79 Å². The fourth-order valence-corrected chi connectivity index (χ4v) is 6.09. The van der Waals surface area contributed by atoms with Gasteiger partial charge in [-0.25, -0.2) is 9.97 Å². The summed E-state index contributed by atoms with van der Waals surface area (Å²) in [7, 11) is 1.62. The van der Waals surface area contributed by atoms with Crippen molar-refractivity contribution < 1.29 is 14.6 Å². The van der Waals surface area contributed by atoms with Crippen LogP contribution in [0.25, 0.3) is 10.2 Å². The maximum Gasteiger partial charge on any atom is 0.306 e. The van der Waals surface area contributed by atoms with Crippen LogP contribution in [0.1, 0.15) is 60.9 Å². The number of hydrogen-bond donors (Lipinski definition) is 2. The van der Waals surface area contributed by atoms with Crippen LogP contribution in [0.2, 0.25) is 5.02 Å². The molecule has 176 valence electrons. The summed E-state index contributed by atoms with van der Waals surface area (Å²) in [5, 5.41) is 13.8. The monoisotopic (exact) mass is 487 g/mol. The van der Waals surface area contributed by atoms with E-state index < -0.39 is 5.97 Å². The van der Waals surface area contributed by atoms with Crippen molar-refractivity contribution >= 4 is 44.9 Å². The highest BCUT2D eigenvalue weighted by Crippen LogP contribution is 2.38. The van der Waals surface area contributed by atoms with Crippen molar-refractivity contribution in [2.45, 2.75) is 64.3 Å². The predicted molar refractivity (Wildman–Crippen MR) is 134 cm³/mol. The lowest BCUT2D eigenvalue weighted by molar-refractivity contribution is -0.142. The van der Waals surface area contributed by atoms with Gasteiger partial charge in [0.1, 0.15) is 22.7 Å². The van der Waals surface area contributed by atoms with Crippen LogP contribution < -0.4 is 10.1 Å². The first-order valence-electron chi connectivity index (χ1n) is 11.6. The zero-order valence-electron chi connectivity index (χ0n) is 18.9. The Balaban J connectivity index is 0.000000243. The van der Waals surface area contributed by atoms with Crippen LogP contribution >= 0.6 is 22.9 Å². The zero-order valence-corrected chi connectivity index (χ0v) is 20.5. The molecule has 2 aromatic heterocycles. The number of nitrogens with zero attached hydrogens (tertiary/aromatic N) is 2. The number of hydrogen-bond acceptors (Lipinski definition) is 6. The Morgan fingerprint density at radius 3 is 2.67 bits per heavy atom. The maximum absolute atomic E-state index is 10.4. The number of thiophene rings is 1. The number of halogens is 1. The van der Waals surface area contributed by atoms with Crippen molar-refractivity contribution in [1.29, 1.82) is 0 Å². The van der Waals surface area contributed by atoms with Crippen LogP contribution in [0.4, 0.5) is 5.82 Å². The molecule has 0 atom stereocenters. The summed E-state index contributed by atoms with van der Waals surface area (Å²) >= 11 is 8.02. The van der Waals surface area contributed by atoms with E-state index in [1.54, 1.807) is 13.4 Å². The molecule has 5 rings (SSSR count). The quantitative estimate of drug-likeness (QED) is 0.427. The summed E-state index contributed by atoms with van der Waals surface area (Å²) in [5.41, 5.74) is 2.54. The third kappa shape index (κ3) is 5.76. The summed E-state index contributed by atoms with van der Waals surface area (Å²) in [6, 6.07) is 5.83. The molecule has 0 saturated heterocycles. The Hall–Kier alpha value is -2.38. The van der Waals surface area contributed by atoms with E-state index in [-0.39, 0.29) is 5.92 Å². The minimum atomic E-state index is -0.602. The minimum Gasteiger partial charge on any atom is -0.495 e. The molecule has 0 aliphatic heterocycles. The average molecular weight is 488 g/mol. The number of aromatic nitrogens is 2. The standard InChI is InChI=1S/C18H18ClN3OS.C7H12O2/c1-23-14-7-6-11(8-13(14)19)9-20-17-16-12-4-2-3-5-15(12)24-18(16)22-10-21-17;8-7(9)6-4-2-1-3-5-6/h6-8,10H,2-5,9H2,1H3,(H,20,21,22);6H,1-5H2,(H,8,9). The molecule has 1 saturated carbocycles. The minimum absolute atomic E-state index is 0.0289. The van der Waals surface area contributed by atoms with Crippen molar-refractivity contribution in [3.63, 3.8) is 0 Å². The van der Waals surface area contributed by atoms with Gasteiger partial charge in [-0.2, -0.15) is 0 Å². The van der Waals surface area contributed by atoms with Gasteiger partial charge in [0.05, 0.1) is 23.4 Å². The van der Waals surface area contributed by atoms with E-state index in [1.165, 1.54) is 41.5 Å². The highest BCUT2D eigenvalue weighted by Gasteiger charge is 2.20. The molecule has 2 N–H and O–H groups in total. The molecule has 0 radical (unpaired) electrons. The Morgan fingerprint density at radius 2 is 1.97 bits per heavy atom. The maximum atomic E-state index is 10.4. The Labute approximate surface area is 203 Å². The van der Waals surface area contributed by atoms with Crippen LogP contribution in [0.3, 0.4) is 0 Å². The van der Waals surface area contributed by atoms with Crippen molar-refractivity contribution in [3.05, 3.63) is 45.6 Å². The molecule has 3 aromatic rings. The molecule has 2 aliphatic rings. The van der Waals surface area contributed by atoms with Gasteiger partial charge in [0.25, 0.3) is 0 Å². The number of benzene rings is 1. The van der Waals surface area contributed by atoms with Crippen LogP contribution in [0, 0.1) is 5.92 Å². The summed E-state index contributed by atoms with van der Waals surface area (Å²) in [4.78, 5) is 21.9. The van der Waals surface area contributed by atoms with Crippen molar-refractivity contribution in [1.82, 2.24) is 9.97 Å². The number of carbonyl (C=O) groups is 1. The van der Waals surface area contributed by atoms with E-state index in [4.69, 9.17) is 21.4 Å². The number of nitrogens with one attached hydrogen (secondary N) is 1. The molecule has 33 heavy (non-hydrogen) atoms. The molecule has 8 heteroatoms. The molecule has 0 bridgehead atoms. The summed E-state index contributed by atoms with van der Waals surface area (Å²) in [6.45, 7) is 0.667. The fraction of sp³-hybridized carbons (Fsp3) is 0.480. The Kier molecular flexibility index (Phi) is 8.04. The number of aliphatic carboxylic acids is 1. The lowest BCUT2D eigenvalue weighted by Gasteiger charge is -2.16. The van der Waals surface area contributed by atoms with Crippen LogP contribution in [-0.4, -0.2) is 28.2 Å². The molecule has 0 unspecified atom stereocenters. The largest absolute Gasteiger partial charge is 0.495 e. The Bertz CT molecular complexity index is 1110. The smallest absolute Gasteiger partial charge is 0.306 e. The van der Waals surface area contributed by atoms with Gasteiger partial charge in [0, 0.05) is 11.4 Å². The summed E-state index contributed by atoms with van der Waals surface area (Å²) in [6.07, 6.45) is 11.7. The average Bonchev–Trinajstić information content (AvgIpc) is 3.23. The second-order valence-corrected chi connectivity index (χ2v) is 10.1. The molecule has 1 aromatic carbocycles.